The summed E-state index contributed by atoms with van der Waals surface area (Å²) in [5, 5.41) is 6.83. The van der Waals surface area contributed by atoms with Gasteiger partial charge in [0.05, 0.1) is 5.69 Å². The first-order chi connectivity index (χ1) is 14.3. The highest BCUT2D eigenvalue weighted by Crippen LogP contribution is 2.20. The molecule has 0 fully saturated rings. The third-order valence-corrected chi connectivity index (χ3v) is 4.56. The Kier molecular flexibility index (Phi) is 4.14. The van der Waals surface area contributed by atoms with Gasteiger partial charge in [0.2, 0.25) is 0 Å². The third-order valence-electron chi connectivity index (χ3n) is 4.56. The molecule has 0 aliphatic carbocycles. The van der Waals surface area contributed by atoms with Gasteiger partial charge in [-0.05, 0) is 35.9 Å². The van der Waals surface area contributed by atoms with Gasteiger partial charge in [-0.3, -0.25) is 19.4 Å². The largest absolute Gasteiger partial charge is 0.278 e. The van der Waals surface area contributed by atoms with Gasteiger partial charge in [0.15, 0.2) is 11.5 Å². The molecule has 0 atom stereocenters. The van der Waals surface area contributed by atoms with E-state index in [-0.39, 0.29) is 5.56 Å². The molecule has 29 heavy (non-hydrogen) atoms. The van der Waals surface area contributed by atoms with Gasteiger partial charge < -0.3 is 0 Å². The first kappa shape index (κ1) is 16.9. The molecule has 8 heteroatoms. The maximum Gasteiger partial charge on any atom is 0.278 e. The Morgan fingerprint density at radius 3 is 2.76 bits per heavy atom. The van der Waals surface area contributed by atoms with Crippen LogP contribution in [-0.4, -0.2) is 34.7 Å². The predicted molar refractivity (Wildman–Crippen MR) is 108 cm³/mol. The molecule has 5 rings (SSSR count). The van der Waals surface area contributed by atoms with Crippen LogP contribution in [0.4, 0.5) is 0 Å². The van der Waals surface area contributed by atoms with Crippen molar-refractivity contribution >= 4 is 11.2 Å². The molecule has 0 spiro atoms. The average molecular weight is 381 g/mol. The van der Waals surface area contributed by atoms with Crippen molar-refractivity contribution in [3.8, 4) is 17.1 Å². The summed E-state index contributed by atoms with van der Waals surface area (Å²) in [6, 6.07) is 14.9. The van der Waals surface area contributed by atoms with Crippen LogP contribution < -0.4 is 5.56 Å². The second-order valence-corrected chi connectivity index (χ2v) is 6.46. The molecular formula is C21H15N7O. The summed E-state index contributed by atoms with van der Waals surface area (Å²) >= 11 is 0. The molecule has 0 unspecified atom stereocenters. The lowest BCUT2D eigenvalue weighted by Crippen LogP contribution is -2.25. The number of hydrogen-bond acceptors (Lipinski definition) is 6. The van der Waals surface area contributed by atoms with Crippen molar-refractivity contribution in [1.29, 1.82) is 0 Å². The molecule has 0 saturated heterocycles. The van der Waals surface area contributed by atoms with Crippen molar-refractivity contribution in [2.45, 2.75) is 6.42 Å². The second kappa shape index (κ2) is 7.08. The lowest BCUT2D eigenvalue weighted by molar-refractivity contribution is 0.924. The van der Waals surface area contributed by atoms with Crippen LogP contribution in [0.1, 0.15) is 11.3 Å². The number of H-pyrrole nitrogens is 1. The van der Waals surface area contributed by atoms with E-state index in [0.717, 1.165) is 11.1 Å². The molecule has 4 aromatic heterocycles. The standard InChI is InChI=1S/C21H15N7O/c29-21-18(10-14-4-2-8-22-12-14)26-17-7-3-9-23-20(17)28(21)16-6-1-5-15(11-16)19-24-13-25-27-19/h1-9,11-13H,10H2,(H,24,25,27). The van der Waals surface area contributed by atoms with Crippen LogP contribution in [0.2, 0.25) is 0 Å². The van der Waals surface area contributed by atoms with Crippen LogP contribution in [0.15, 0.2) is 78.2 Å². The van der Waals surface area contributed by atoms with Crippen LogP contribution >= 0.6 is 0 Å². The minimum absolute atomic E-state index is 0.216. The number of aromatic nitrogens is 7. The minimum atomic E-state index is -0.216. The molecule has 1 N–H and O–H groups in total. The van der Waals surface area contributed by atoms with E-state index < -0.39 is 0 Å². The zero-order valence-corrected chi connectivity index (χ0v) is 15.2. The summed E-state index contributed by atoms with van der Waals surface area (Å²) in [6.07, 6.45) is 7.00. The molecule has 1 aromatic carbocycles. The Balaban J connectivity index is 1.72. The highest BCUT2D eigenvalue weighted by molar-refractivity contribution is 5.73. The number of nitrogens with one attached hydrogen (secondary N) is 1. The van der Waals surface area contributed by atoms with Gasteiger partial charge in [-0.1, -0.05) is 18.2 Å². The van der Waals surface area contributed by atoms with Gasteiger partial charge in [0.1, 0.15) is 17.5 Å². The zero-order chi connectivity index (χ0) is 19.6. The highest BCUT2D eigenvalue weighted by Gasteiger charge is 2.15. The first-order valence-corrected chi connectivity index (χ1v) is 9.02. The van der Waals surface area contributed by atoms with Crippen LogP contribution in [0.5, 0.6) is 0 Å². The number of fused-ring (bicyclic) bond motifs is 1. The smallest absolute Gasteiger partial charge is 0.267 e. The molecule has 4 heterocycles. The Hall–Kier alpha value is -4.20. The van der Waals surface area contributed by atoms with Crippen LogP contribution in [-0.2, 0) is 6.42 Å². The molecule has 0 saturated carbocycles. The number of hydrogen-bond donors (Lipinski definition) is 1. The molecule has 0 amide bonds. The summed E-state index contributed by atoms with van der Waals surface area (Å²) in [6.45, 7) is 0. The van der Waals surface area contributed by atoms with Gasteiger partial charge in [0.25, 0.3) is 5.56 Å². The fourth-order valence-electron chi connectivity index (χ4n) is 3.25. The van der Waals surface area contributed by atoms with Crippen LogP contribution in [0.3, 0.4) is 0 Å². The molecule has 0 bridgehead atoms. The SMILES string of the molecule is O=c1c(Cc2cccnc2)nc2cccnc2n1-c1cccc(-c2nc[nH]n2)c1. The van der Waals surface area contributed by atoms with E-state index >= 15 is 0 Å². The quantitative estimate of drug-likeness (QED) is 0.513. The second-order valence-electron chi connectivity index (χ2n) is 6.46. The Morgan fingerprint density at radius 2 is 1.93 bits per heavy atom. The van der Waals surface area contributed by atoms with E-state index in [2.05, 4.69) is 30.1 Å². The summed E-state index contributed by atoms with van der Waals surface area (Å²) in [4.78, 5) is 30.7. The van der Waals surface area contributed by atoms with Gasteiger partial charge >= 0.3 is 0 Å². The normalized spacial score (nSPS) is 11.0. The fraction of sp³-hybridized carbons (Fsp3) is 0.0476. The van der Waals surface area contributed by atoms with Crippen molar-refractivity contribution in [2.24, 2.45) is 0 Å². The molecule has 5 aromatic rings. The highest BCUT2D eigenvalue weighted by atomic mass is 16.1. The third kappa shape index (κ3) is 3.16. The topological polar surface area (TPSA) is 102 Å². The Labute approximate surface area is 165 Å². The summed E-state index contributed by atoms with van der Waals surface area (Å²) in [5.74, 6) is 0.557. The lowest BCUT2D eigenvalue weighted by Gasteiger charge is -2.12. The number of benzene rings is 1. The maximum absolute atomic E-state index is 13.4. The van der Waals surface area contributed by atoms with E-state index in [1.165, 1.54) is 6.33 Å². The molecule has 0 radical (unpaired) electrons. The Bertz CT molecular complexity index is 1340. The number of pyridine rings is 2. The van der Waals surface area contributed by atoms with Gasteiger partial charge in [0, 0.05) is 30.6 Å². The van der Waals surface area contributed by atoms with Crippen LogP contribution in [0.25, 0.3) is 28.2 Å². The summed E-state index contributed by atoms with van der Waals surface area (Å²) in [7, 11) is 0. The van der Waals surface area contributed by atoms with Gasteiger partial charge in [-0.25, -0.2) is 15.0 Å². The molecular weight excluding hydrogens is 366 g/mol. The van der Waals surface area contributed by atoms with Gasteiger partial charge in [-0.15, -0.1) is 0 Å². The molecule has 0 aliphatic heterocycles. The fourth-order valence-corrected chi connectivity index (χ4v) is 3.25. The number of nitrogens with zero attached hydrogens (tertiary/aromatic N) is 6. The van der Waals surface area contributed by atoms with Crippen LogP contribution in [0, 0.1) is 0 Å². The van der Waals surface area contributed by atoms with E-state index in [1.54, 1.807) is 23.2 Å². The zero-order valence-electron chi connectivity index (χ0n) is 15.2. The Morgan fingerprint density at radius 1 is 1.00 bits per heavy atom. The molecule has 140 valence electrons. The summed E-state index contributed by atoms with van der Waals surface area (Å²) < 4.78 is 1.59. The van der Waals surface area contributed by atoms with E-state index in [0.29, 0.717) is 34.8 Å². The van der Waals surface area contributed by atoms with E-state index in [4.69, 9.17) is 0 Å². The van der Waals surface area contributed by atoms with Crippen molar-refractivity contribution in [2.75, 3.05) is 0 Å². The maximum atomic E-state index is 13.4. The van der Waals surface area contributed by atoms with Crippen molar-refractivity contribution in [3.05, 3.63) is 95.1 Å². The monoisotopic (exact) mass is 381 g/mol. The minimum Gasteiger partial charge on any atom is -0.267 e. The van der Waals surface area contributed by atoms with Gasteiger partial charge in [-0.2, -0.15) is 5.10 Å². The van der Waals surface area contributed by atoms with Crippen molar-refractivity contribution in [1.82, 2.24) is 34.7 Å². The number of rotatable bonds is 4. The van der Waals surface area contributed by atoms with Crippen molar-refractivity contribution < 1.29 is 0 Å². The van der Waals surface area contributed by atoms with Crippen molar-refractivity contribution in [3.63, 3.8) is 0 Å². The number of aromatic amines is 1. The van der Waals surface area contributed by atoms with E-state index in [9.17, 15) is 4.79 Å². The lowest BCUT2D eigenvalue weighted by atomic mass is 10.1. The summed E-state index contributed by atoms with van der Waals surface area (Å²) in [5.41, 5.74) is 3.76. The molecule has 8 nitrogen and oxygen atoms in total. The average Bonchev–Trinajstić information content (AvgIpc) is 3.30. The molecule has 0 aliphatic rings. The predicted octanol–water partition coefficient (Wildman–Crippen LogP) is 2.55. The first-order valence-electron chi connectivity index (χ1n) is 9.02. The van der Waals surface area contributed by atoms with E-state index in [1.807, 2.05) is 48.5 Å².